The molecule has 1 aromatic rings. The molecule has 0 N–H and O–H groups in total. The fraction of sp³-hybridized carbons (Fsp3) is 0.333. The normalized spacial score (nSPS) is 27.6. The van der Waals surface area contributed by atoms with Gasteiger partial charge < -0.3 is 0 Å². The highest BCUT2D eigenvalue weighted by atomic mass is 32.2. The number of amides is 2. The van der Waals surface area contributed by atoms with Crippen LogP contribution in [0.25, 0.3) is 0 Å². The second-order valence-electron chi connectivity index (χ2n) is 4.28. The smallest absolute Gasteiger partial charge is 0.261 e. The van der Waals surface area contributed by atoms with Gasteiger partial charge in [0.2, 0.25) is 0 Å². The van der Waals surface area contributed by atoms with Crippen LogP contribution < -0.4 is 0 Å². The van der Waals surface area contributed by atoms with Crippen LogP contribution >= 0.6 is 0 Å². The maximum atomic E-state index is 12.1. The van der Waals surface area contributed by atoms with E-state index in [-0.39, 0.29) is 17.9 Å². The van der Waals surface area contributed by atoms with E-state index in [1.807, 2.05) is 0 Å². The number of nitrogens with zero attached hydrogens (tertiary/aromatic N) is 1. The Morgan fingerprint density at radius 2 is 1.71 bits per heavy atom. The molecule has 1 fully saturated rings. The zero-order chi connectivity index (χ0) is 12.0. The van der Waals surface area contributed by atoms with E-state index in [4.69, 9.17) is 0 Å². The van der Waals surface area contributed by atoms with Gasteiger partial charge in [0.25, 0.3) is 11.8 Å². The summed E-state index contributed by atoms with van der Waals surface area (Å²) in [6.07, 6.45) is 0.651. The van der Waals surface area contributed by atoms with E-state index in [0.717, 1.165) is 0 Å². The van der Waals surface area contributed by atoms with Crippen molar-refractivity contribution in [3.8, 4) is 0 Å². The zero-order valence-corrected chi connectivity index (χ0v) is 9.90. The minimum atomic E-state index is -0.890. The Bertz CT molecular complexity index is 505. The molecule has 2 heterocycles. The van der Waals surface area contributed by atoms with Gasteiger partial charge in [-0.15, -0.1) is 0 Å². The molecule has 0 radical (unpaired) electrons. The summed E-state index contributed by atoms with van der Waals surface area (Å²) in [5.41, 5.74) is 0.936. The molecule has 2 atom stereocenters. The van der Waals surface area contributed by atoms with E-state index >= 15 is 0 Å². The SMILES string of the molecule is O=C1c2ccccc2C(=O)N1C1CCS(=O)C1. The van der Waals surface area contributed by atoms with Crippen molar-refractivity contribution in [2.24, 2.45) is 0 Å². The number of rotatable bonds is 1. The average Bonchev–Trinajstić information content (AvgIpc) is 2.84. The molecule has 2 aliphatic rings. The Kier molecular flexibility index (Phi) is 2.36. The molecule has 3 rings (SSSR count). The second kappa shape index (κ2) is 3.77. The van der Waals surface area contributed by atoms with Gasteiger partial charge in [-0.25, -0.2) is 0 Å². The molecule has 5 heteroatoms. The van der Waals surface area contributed by atoms with Crippen molar-refractivity contribution in [1.29, 1.82) is 0 Å². The Labute approximate surface area is 101 Å². The Hall–Kier alpha value is -1.49. The third kappa shape index (κ3) is 1.53. The van der Waals surface area contributed by atoms with Crippen LogP contribution in [0.15, 0.2) is 24.3 Å². The van der Waals surface area contributed by atoms with Crippen LogP contribution in [0.1, 0.15) is 27.1 Å². The Balaban J connectivity index is 1.98. The first-order chi connectivity index (χ1) is 8.18. The minimum absolute atomic E-state index is 0.191. The van der Waals surface area contributed by atoms with Crippen molar-refractivity contribution in [3.05, 3.63) is 35.4 Å². The molecule has 1 aromatic carbocycles. The molecule has 17 heavy (non-hydrogen) atoms. The number of imide groups is 1. The van der Waals surface area contributed by atoms with E-state index < -0.39 is 10.8 Å². The molecule has 0 aliphatic carbocycles. The highest BCUT2D eigenvalue weighted by Gasteiger charge is 2.41. The first-order valence-corrected chi connectivity index (χ1v) is 6.99. The fourth-order valence-corrected chi connectivity index (χ4v) is 3.84. The van der Waals surface area contributed by atoms with Crippen LogP contribution in [0, 0.1) is 0 Å². The summed E-state index contributed by atoms with van der Waals surface area (Å²) in [7, 11) is -0.890. The lowest BCUT2D eigenvalue weighted by atomic mass is 10.1. The third-order valence-corrected chi connectivity index (χ3v) is 4.70. The van der Waals surface area contributed by atoms with Crippen molar-refractivity contribution in [1.82, 2.24) is 4.90 Å². The van der Waals surface area contributed by atoms with Crippen molar-refractivity contribution >= 4 is 22.6 Å². The summed E-state index contributed by atoms with van der Waals surface area (Å²) in [4.78, 5) is 25.5. The molecule has 1 saturated heterocycles. The highest BCUT2D eigenvalue weighted by molar-refractivity contribution is 7.85. The first-order valence-electron chi connectivity index (χ1n) is 5.50. The maximum absolute atomic E-state index is 12.1. The molecular weight excluding hydrogens is 238 g/mol. The lowest BCUT2D eigenvalue weighted by molar-refractivity contribution is 0.0601. The predicted molar refractivity (Wildman–Crippen MR) is 63.2 cm³/mol. The van der Waals surface area contributed by atoms with Gasteiger partial charge in [0.15, 0.2) is 0 Å². The largest absolute Gasteiger partial charge is 0.270 e. The van der Waals surface area contributed by atoms with Gasteiger partial charge in [0.1, 0.15) is 0 Å². The van der Waals surface area contributed by atoms with E-state index in [9.17, 15) is 13.8 Å². The number of hydrogen-bond acceptors (Lipinski definition) is 3. The van der Waals surface area contributed by atoms with Crippen molar-refractivity contribution in [2.75, 3.05) is 11.5 Å². The molecule has 2 unspecified atom stereocenters. The number of carbonyl (C=O) groups excluding carboxylic acids is 2. The molecule has 2 aliphatic heterocycles. The summed E-state index contributed by atoms with van der Waals surface area (Å²) in [6.45, 7) is 0. The van der Waals surface area contributed by atoms with Gasteiger partial charge in [-0.05, 0) is 18.6 Å². The molecule has 0 spiro atoms. The van der Waals surface area contributed by atoms with Gasteiger partial charge in [-0.3, -0.25) is 18.7 Å². The van der Waals surface area contributed by atoms with Crippen molar-refractivity contribution in [2.45, 2.75) is 12.5 Å². The van der Waals surface area contributed by atoms with E-state index in [1.54, 1.807) is 24.3 Å². The summed E-state index contributed by atoms with van der Waals surface area (Å²) >= 11 is 0. The lowest BCUT2D eigenvalue weighted by Crippen LogP contribution is -2.40. The second-order valence-corrected chi connectivity index (χ2v) is 5.90. The van der Waals surface area contributed by atoms with E-state index in [2.05, 4.69) is 0 Å². The quantitative estimate of drug-likeness (QED) is 0.692. The predicted octanol–water partition coefficient (Wildman–Crippen LogP) is 0.804. The molecule has 4 nitrogen and oxygen atoms in total. The summed E-state index contributed by atoms with van der Waals surface area (Å²) in [6, 6.07) is 6.65. The number of fused-ring (bicyclic) bond motifs is 1. The lowest BCUT2D eigenvalue weighted by Gasteiger charge is -2.20. The monoisotopic (exact) mass is 249 g/mol. The van der Waals surface area contributed by atoms with Crippen LogP contribution in [0.2, 0.25) is 0 Å². The zero-order valence-electron chi connectivity index (χ0n) is 9.09. The van der Waals surface area contributed by atoms with Gasteiger partial charge >= 0.3 is 0 Å². The molecule has 0 aromatic heterocycles. The van der Waals surface area contributed by atoms with Gasteiger partial charge in [-0.1, -0.05) is 12.1 Å². The summed E-state index contributed by atoms with van der Waals surface area (Å²) in [5, 5.41) is 0. The van der Waals surface area contributed by atoms with E-state index in [0.29, 0.717) is 29.1 Å². The first kappa shape index (κ1) is 10.7. The third-order valence-electron chi connectivity index (χ3n) is 3.25. The standard InChI is InChI=1S/C12H11NO3S/c14-11-9-3-1-2-4-10(9)12(15)13(11)8-5-6-17(16)7-8/h1-4,8H,5-7H2. The van der Waals surface area contributed by atoms with Crippen LogP contribution in [0.5, 0.6) is 0 Å². The molecule has 2 amide bonds. The van der Waals surface area contributed by atoms with E-state index in [1.165, 1.54) is 4.90 Å². The highest BCUT2D eigenvalue weighted by Crippen LogP contribution is 2.27. The van der Waals surface area contributed by atoms with Crippen LogP contribution in [-0.4, -0.2) is 38.5 Å². The van der Waals surface area contributed by atoms with Gasteiger partial charge in [0.05, 0.1) is 17.2 Å². The Morgan fingerprint density at radius 1 is 1.12 bits per heavy atom. The van der Waals surface area contributed by atoms with Crippen molar-refractivity contribution < 1.29 is 13.8 Å². The van der Waals surface area contributed by atoms with Gasteiger partial charge in [0, 0.05) is 22.3 Å². The number of benzene rings is 1. The molecule has 0 bridgehead atoms. The number of hydrogen-bond donors (Lipinski definition) is 0. The van der Waals surface area contributed by atoms with Crippen molar-refractivity contribution in [3.63, 3.8) is 0 Å². The number of carbonyl (C=O) groups is 2. The fourth-order valence-electron chi connectivity index (χ4n) is 2.39. The average molecular weight is 249 g/mol. The van der Waals surface area contributed by atoms with Crippen LogP contribution in [0.4, 0.5) is 0 Å². The molecule has 0 saturated carbocycles. The Morgan fingerprint density at radius 3 is 2.18 bits per heavy atom. The maximum Gasteiger partial charge on any atom is 0.261 e. The van der Waals surface area contributed by atoms with Crippen LogP contribution in [-0.2, 0) is 10.8 Å². The summed E-state index contributed by atoms with van der Waals surface area (Å²) in [5.74, 6) is 0.521. The summed E-state index contributed by atoms with van der Waals surface area (Å²) < 4.78 is 11.4. The molecular formula is C12H11NO3S. The topological polar surface area (TPSA) is 54.5 Å². The molecule has 88 valence electrons. The minimum Gasteiger partial charge on any atom is -0.270 e. The van der Waals surface area contributed by atoms with Crippen LogP contribution in [0.3, 0.4) is 0 Å². The van der Waals surface area contributed by atoms with Gasteiger partial charge in [-0.2, -0.15) is 0 Å².